The van der Waals surface area contributed by atoms with Crippen LogP contribution in [0.1, 0.15) is 108 Å². The van der Waals surface area contributed by atoms with Crippen molar-refractivity contribution >= 4 is 11.8 Å². The Kier molecular flexibility index (Phi) is 12.3. The minimum Gasteiger partial charge on any atom is -0.462 e. The Morgan fingerprint density at radius 1 is 0.812 bits per heavy atom. The molecule has 3 rings (SSSR count). The van der Waals surface area contributed by atoms with E-state index in [-0.39, 0.29) is 34.8 Å². The van der Waals surface area contributed by atoms with Gasteiger partial charge in [-0.05, 0) is 82.4 Å². The Labute approximate surface area is 289 Å². The number of fused-ring (bicyclic) bond motifs is 1. The summed E-state index contributed by atoms with van der Waals surface area (Å²) in [5.74, 6) is -0.244. The van der Waals surface area contributed by atoms with Crippen molar-refractivity contribution in [3.8, 4) is 0 Å². The average Bonchev–Trinajstić information content (AvgIpc) is 3.53. The van der Waals surface area contributed by atoms with Gasteiger partial charge in [-0.15, -0.1) is 5.73 Å². The van der Waals surface area contributed by atoms with Gasteiger partial charge < -0.3 is 19.7 Å². The fraction of sp³-hybridized carbons (Fsp3) is 0.548. The number of ketones is 1. The minimum absolute atomic E-state index is 0.0816. The average molecular weight is 659 g/mol. The Balaban J connectivity index is 1.54. The van der Waals surface area contributed by atoms with Crippen molar-refractivity contribution in [3.05, 3.63) is 100 Å². The second-order valence-corrected chi connectivity index (χ2v) is 15.9. The van der Waals surface area contributed by atoms with Crippen LogP contribution in [0.25, 0.3) is 0 Å². The molecule has 1 saturated heterocycles. The van der Waals surface area contributed by atoms with Crippen molar-refractivity contribution in [2.45, 2.75) is 137 Å². The number of rotatable bonds is 11. The van der Waals surface area contributed by atoms with Crippen molar-refractivity contribution in [1.82, 2.24) is 0 Å². The highest BCUT2D eigenvalue weighted by Crippen LogP contribution is 2.67. The largest absolute Gasteiger partial charge is 0.462 e. The number of allylic oxidation sites excluding steroid dienone is 14. The van der Waals surface area contributed by atoms with Crippen molar-refractivity contribution in [2.75, 3.05) is 0 Å². The summed E-state index contributed by atoms with van der Waals surface area (Å²) in [7, 11) is 0. The molecule has 0 radical (unpaired) electrons. The molecule has 0 spiro atoms. The number of esters is 1. The topological polar surface area (TPSA) is 96.4 Å². The van der Waals surface area contributed by atoms with Crippen LogP contribution in [-0.4, -0.2) is 51.0 Å². The molecule has 3 fully saturated rings. The van der Waals surface area contributed by atoms with Crippen LogP contribution in [0.2, 0.25) is 0 Å². The van der Waals surface area contributed by atoms with Crippen LogP contribution in [0.15, 0.2) is 100 Å². The first kappa shape index (κ1) is 39.2. The van der Waals surface area contributed by atoms with Crippen LogP contribution in [0.3, 0.4) is 0 Å². The third-order valence-corrected chi connectivity index (χ3v) is 10.1. The molecule has 0 bridgehead atoms. The summed E-state index contributed by atoms with van der Waals surface area (Å²) in [6.45, 7) is 21.4. The standard InChI is InChI=1S/C42H58O6/c1-29(18-14-19-31(3)22-23-37-38(6,7)26-35(47-33(5)43)27-40(37,10)46)16-12-13-17-30(2)20-15-21-32(4)36(45)28-42-39(8,9)24-34(44)25-41(42,11)48-42/h12-22,34-35,44,46H,24-28H2,1-11H3/b13-12+,18-14+,20-15+,29-16+,30-17-,31-19+,32-21+/t23?,34-,35-,40+,41+,42-/m0/s1. The van der Waals surface area contributed by atoms with Crippen molar-refractivity contribution in [1.29, 1.82) is 0 Å². The van der Waals surface area contributed by atoms with E-state index in [1.807, 2.05) is 115 Å². The fourth-order valence-corrected chi connectivity index (χ4v) is 7.76. The number of carbonyl (C=O) groups excluding carboxylic acids is 2. The van der Waals surface area contributed by atoms with Crippen molar-refractivity contribution in [2.24, 2.45) is 10.8 Å². The molecule has 1 aliphatic heterocycles. The molecule has 0 aromatic rings. The zero-order valence-electron chi connectivity index (χ0n) is 31.1. The summed E-state index contributed by atoms with van der Waals surface area (Å²) in [6.07, 6.45) is 23.6. The van der Waals surface area contributed by atoms with E-state index >= 15 is 0 Å². The maximum Gasteiger partial charge on any atom is 0.302 e. The molecular formula is C42H58O6. The zero-order chi connectivity index (χ0) is 36.1. The number of Topliss-reactive ketones (excluding diaryl/α,β-unsaturated/α-hetero) is 1. The van der Waals surface area contributed by atoms with Crippen LogP contribution in [0.5, 0.6) is 0 Å². The lowest BCUT2D eigenvalue weighted by molar-refractivity contribution is -0.152. The number of ether oxygens (including phenoxy) is 2. The van der Waals surface area contributed by atoms with Gasteiger partial charge >= 0.3 is 5.97 Å². The Morgan fingerprint density at radius 3 is 1.92 bits per heavy atom. The molecule has 2 aliphatic carbocycles. The SMILES string of the molecule is CC(=O)O[C@H]1CC(C)(C)C(=C=C/C(C)=C/C=C/C(C)=C/C=C/C=C(C)\C=C\C=C(/C)C(=O)C[C@@]23O[C@]2(C)C[C@@H](O)CC3(C)C)[C@](C)(O)C1. The number of epoxide rings is 1. The van der Waals surface area contributed by atoms with Gasteiger partial charge in [-0.1, -0.05) is 99.6 Å². The van der Waals surface area contributed by atoms with Gasteiger partial charge in [-0.2, -0.15) is 0 Å². The molecule has 262 valence electrons. The van der Waals surface area contributed by atoms with E-state index in [9.17, 15) is 19.8 Å². The van der Waals surface area contributed by atoms with Gasteiger partial charge in [0.1, 0.15) is 11.7 Å². The van der Waals surface area contributed by atoms with Gasteiger partial charge in [0.15, 0.2) is 5.78 Å². The fourth-order valence-electron chi connectivity index (χ4n) is 7.76. The lowest BCUT2D eigenvalue weighted by atomic mass is 9.61. The lowest BCUT2D eigenvalue weighted by Gasteiger charge is -2.44. The van der Waals surface area contributed by atoms with Gasteiger partial charge in [0.25, 0.3) is 0 Å². The number of aliphatic hydroxyl groups excluding tert-OH is 1. The number of hydrogen-bond acceptors (Lipinski definition) is 6. The van der Waals surface area contributed by atoms with E-state index in [4.69, 9.17) is 9.47 Å². The smallest absolute Gasteiger partial charge is 0.302 e. The molecule has 1 heterocycles. The van der Waals surface area contributed by atoms with E-state index in [0.29, 0.717) is 37.7 Å². The van der Waals surface area contributed by atoms with Crippen molar-refractivity contribution < 1.29 is 29.3 Å². The van der Waals surface area contributed by atoms with Gasteiger partial charge in [0, 0.05) is 31.8 Å². The highest BCUT2D eigenvalue weighted by atomic mass is 16.6. The summed E-state index contributed by atoms with van der Waals surface area (Å²) in [4.78, 5) is 24.5. The summed E-state index contributed by atoms with van der Waals surface area (Å²) in [5, 5.41) is 21.4. The first-order valence-corrected chi connectivity index (χ1v) is 17.1. The predicted octanol–water partition coefficient (Wildman–Crippen LogP) is 8.69. The number of aliphatic hydroxyl groups is 2. The summed E-state index contributed by atoms with van der Waals surface area (Å²) >= 11 is 0. The number of hydrogen-bond donors (Lipinski definition) is 2. The Hall–Kier alpha value is -3.28. The van der Waals surface area contributed by atoms with E-state index in [0.717, 1.165) is 22.3 Å². The third-order valence-electron chi connectivity index (χ3n) is 10.1. The molecule has 0 aromatic carbocycles. The van der Waals surface area contributed by atoms with E-state index < -0.39 is 16.8 Å². The summed E-state index contributed by atoms with van der Waals surface area (Å²) in [5.41, 5.74) is 5.35. The lowest BCUT2D eigenvalue weighted by Crippen LogP contribution is -2.48. The van der Waals surface area contributed by atoms with Crippen LogP contribution >= 0.6 is 0 Å². The van der Waals surface area contributed by atoms with Gasteiger partial charge in [-0.25, -0.2) is 0 Å². The monoisotopic (exact) mass is 658 g/mol. The molecular weight excluding hydrogens is 600 g/mol. The Morgan fingerprint density at radius 2 is 1.38 bits per heavy atom. The molecule has 5 atom stereocenters. The van der Waals surface area contributed by atoms with Crippen molar-refractivity contribution in [3.63, 3.8) is 0 Å². The zero-order valence-corrected chi connectivity index (χ0v) is 31.1. The first-order chi connectivity index (χ1) is 22.1. The normalized spacial score (nSPS) is 32.4. The highest BCUT2D eigenvalue weighted by Gasteiger charge is 2.76. The molecule has 6 nitrogen and oxygen atoms in total. The van der Waals surface area contributed by atoms with E-state index in [1.165, 1.54) is 6.92 Å². The quantitative estimate of drug-likeness (QED) is 0.0758. The van der Waals surface area contributed by atoms with Gasteiger partial charge in [-0.3, -0.25) is 9.59 Å². The molecule has 0 aromatic heterocycles. The molecule has 2 saturated carbocycles. The second kappa shape index (κ2) is 15.1. The number of carbonyl (C=O) groups is 2. The van der Waals surface area contributed by atoms with E-state index in [2.05, 4.69) is 19.6 Å². The summed E-state index contributed by atoms with van der Waals surface area (Å²) in [6, 6.07) is 0. The molecule has 0 unspecified atom stereocenters. The maximum atomic E-state index is 13.1. The van der Waals surface area contributed by atoms with Crippen LogP contribution in [0.4, 0.5) is 0 Å². The minimum atomic E-state index is -1.11. The third kappa shape index (κ3) is 9.66. The summed E-state index contributed by atoms with van der Waals surface area (Å²) < 4.78 is 11.6. The molecule has 2 N–H and O–H groups in total. The van der Waals surface area contributed by atoms with E-state index in [1.54, 1.807) is 6.92 Å². The highest BCUT2D eigenvalue weighted by molar-refractivity contribution is 5.96. The van der Waals surface area contributed by atoms with Crippen LogP contribution < -0.4 is 0 Å². The van der Waals surface area contributed by atoms with Crippen LogP contribution in [0, 0.1) is 10.8 Å². The molecule has 6 heteroatoms. The predicted molar refractivity (Wildman–Crippen MR) is 194 cm³/mol. The molecule has 3 aliphatic rings. The van der Waals surface area contributed by atoms with Gasteiger partial charge in [0.05, 0.1) is 17.3 Å². The van der Waals surface area contributed by atoms with Crippen LogP contribution in [-0.2, 0) is 19.1 Å². The maximum absolute atomic E-state index is 13.1. The Bertz CT molecular complexity index is 1510. The molecule has 0 amide bonds. The second-order valence-electron chi connectivity index (χ2n) is 15.9. The molecule has 48 heavy (non-hydrogen) atoms. The van der Waals surface area contributed by atoms with Gasteiger partial charge in [0.2, 0.25) is 0 Å². The first-order valence-electron chi connectivity index (χ1n) is 17.1.